The summed E-state index contributed by atoms with van der Waals surface area (Å²) in [4.78, 5) is 59.9. The van der Waals surface area contributed by atoms with E-state index < -0.39 is 36.2 Å². The quantitative estimate of drug-likeness (QED) is 0.114. The summed E-state index contributed by atoms with van der Waals surface area (Å²) >= 11 is 0. The molecule has 12 nitrogen and oxygen atoms in total. The number of nitrogens with two attached hydrogens (primary N) is 1. The number of ether oxygens (including phenoxy) is 1. The lowest BCUT2D eigenvalue weighted by atomic mass is 9.89. The molecule has 0 radical (unpaired) electrons. The fourth-order valence-electron chi connectivity index (χ4n) is 7.83. The van der Waals surface area contributed by atoms with E-state index in [4.69, 9.17) is 10.5 Å². The van der Waals surface area contributed by atoms with Crippen LogP contribution in [0.4, 0.5) is 10.5 Å². The van der Waals surface area contributed by atoms with Gasteiger partial charge in [0, 0.05) is 36.8 Å². The van der Waals surface area contributed by atoms with E-state index in [0.717, 1.165) is 34.9 Å². The molecule has 6 rings (SSSR count). The first-order valence-corrected chi connectivity index (χ1v) is 20.3. The lowest BCUT2D eigenvalue weighted by Crippen LogP contribution is -2.54. The van der Waals surface area contributed by atoms with Gasteiger partial charge in [-0.15, -0.1) is 0 Å². The molecule has 0 bridgehead atoms. The van der Waals surface area contributed by atoms with Crippen LogP contribution in [-0.4, -0.2) is 82.7 Å². The van der Waals surface area contributed by atoms with Crippen molar-refractivity contribution in [2.45, 2.75) is 89.6 Å². The number of nitrogens with zero attached hydrogens (tertiary/aromatic N) is 3. The van der Waals surface area contributed by atoms with E-state index in [-0.39, 0.29) is 43.8 Å². The Morgan fingerprint density at radius 2 is 1.50 bits per heavy atom. The van der Waals surface area contributed by atoms with Gasteiger partial charge < -0.3 is 36.0 Å². The number of aliphatic hydroxyl groups is 1. The molecular formula is C46H56N6O6. The first-order valence-electron chi connectivity index (χ1n) is 20.3. The molecule has 12 heteroatoms. The van der Waals surface area contributed by atoms with Crippen LogP contribution in [-0.2, 0) is 25.7 Å². The van der Waals surface area contributed by atoms with Crippen molar-refractivity contribution in [3.63, 3.8) is 0 Å². The van der Waals surface area contributed by atoms with Crippen molar-refractivity contribution in [2.75, 3.05) is 24.7 Å². The zero-order chi connectivity index (χ0) is 41.2. The minimum absolute atomic E-state index is 0.0120. The summed E-state index contributed by atoms with van der Waals surface area (Å²) in [6.45, 7) is 6.90. The number of aliphatic hydroxyl groups excluding tert-OH is 1. The number of amides is 4. The molecule has 1 saturated heterocycles. The van der Waals surface area contributed by atoms with Gasteiger partial charge in [-0.05, 0) is 60.6 Å². The first-order chi connectivity index (χ1) is 28.0. The van der Waals surface area contributed by atoms with Gasteiger partial charge in [0.15, 0.2) is 0 Å². The summed E-state index contributed by atoms with van der Waals surface area (Å²) in [7, 11) is 0. The summed E-state index contributed by atoms with van der Waals surface area (Å²) in [5, 5.41) is 19.3. The maximum atomic E-state index is 14.4. The van der Waals surface area contributed by atoms with Gasteiger partial charge in [-0.25, -0.2) is 4.79 Å². The number of alkyl carbamates (subject to hydrolysis) is 1. The van der Waals surface area contributed by atoms with Crippen molar-refractivity contribution >= 4 is 40.3 Å². The van der Waals surface area contributed by atoms with Crippen LogP contribution in [0.1, 0.15) is 69.9 Å². The van der Waals surface area contributed by atoms with Crippen LogP contribution in [0.25, 0.3) is 10.8 Å². The molecule has 2 aliphatic heterocycles. The molecule has 0 aliphatic carbocycles. The van der Waals surface area contributed by atoms with Crippen molar-refractivity contribution in [1.29, 1.82) is 0 Å². The Kier molecular flexibility index (Phi) is 14.2. The second-order valence-electron chi connectivity index (χ2n) is 15.8. The van der Waals surface area contributed by atoms with Crippen LogP contribution in [0.3, 0.4) is 0 Å². The van der Waals surface area contributed by atoms with Gasteiger partial charge in [-0.1, -0.05) is 111 Å². The summed E-state index contributed by atoms with van der Waals surface area (Å²) in [5.41, 5.74) is 9.48. The van der Waals surface area contributed by atoms with E-state index in [1.54, 1.807) is 18.0 Å². The number of hydrogen-bond acceptors (Lipinski definition) is 8. The summed E-state index contributed by atoms with van der Waals surface area (Å²) in [6.07, 6.45) is 1.58. The minimum atomic E-state index is -1.19. The number of nitrogens with one attached hydrogen (secondary N) is 2. The molecule has 2 aliphatic rings. The minimum Gasteiger partial charge on any atom is -0.445 e. The van der Waals surface area contributed by atoms with Gasteiger partial charge >= 0.3 is 6.09 Å². The van der Waals surface area contributed by atoms with Gasteiger partial charge in [0.2, 0.25) is 17.7 Å². The average molecular weight is 789 g/mol. The molecule has 2 heterocycles. The highest BCUT2D eigenvalue weighted by molar-refractivity contribution is 5.96. The largest absolute Gasteiger partial charge is 0.445 e. The Labute approximate surface area is 341 Å². The molecule has 1 fully saturated rings. The molecular weight excluding hydrogens is 733 g/mol. The van der Waals surface area contributed by atoms with Gasteiger partial charge in [0.25, 0.3) is 0 Å². The summed E-state index contributed by atoms with van der Waals surface area (Å²) in [6, 6.07) is 30.5. The Morgan fingerprint density at radius 1 is 0.845 bits per heavy atom. The maximum Gasteiger partial charge on any atom is 0.408 e. The lowest BCUT2D eigenvalue weighted by molar-refractivity contribution is -0.135. The highest BCUT2D eigenvalue weighted by atomic mass is 16.5. The average Bonchev–Trinajstić information content (AvgIpc) is 3.65. The number of benzene rings is 4. The van der Waals surface area contributed by atoms with E-state index in [9.17, 15) is 24.3 Å². The molecule has 306 valence electrons. The normalized spacial score (nSPS) is 16.7. The Balaban J connectivity index is 1.22. The molecule has 0 aromatic heterocycles. The second-order valence-corrected chi connectivity index (χ2v) is 15.8. The van der Waals surface area contributed by atoms with Crippen LogP contribution in [0, 0.1) is 5.92 Å². The van der Waals surface area contributed by atoms with Crippen LogP contribution >= 0.6 is 0 Å². The Hall–Kier alpha value is -5.72. The SMILES string of the molecule is CC(C)C[C@H](NC(=O)[C@H](CC1=CN(C(=O)[C@H](C)N)CN1c1cccc2ccccc12)NC(=O)OCc1ccccc1)[C@@H](O)CC(=O)N1CCC(c2ccccc2)CC1. The molecule has 0 saturated carbocycles. The molecule has 4 aromatic carbocycles. The predicted molar refractivity (Wildman–Crippen MR) is 225 cm³/mol. The molecule has 4 aromatic rings. The van der Waals surface area contributed by atoms with Gasteiger partial charge in [-0.3, -0.25) is 19.3 Å². The number of piperidine rings is 1. The number of likely N-dealkylation sites (tertiary alicyclic amines) is 1. The van der Waals surface area contributed by atoms with Crippen LogP contribution in [0.5, 0.6) is 0 Å². The number of rotatable bonds is 15. The fourth-order valence-corrected chi connectivity index (χ4v) is 7.83. The molecule has 5 N–H and O–H groups in total. The van der Waals surface area contributed by atoms with Gasteiger partial charge in [0.05, 0.1) is 30.3 Å². The third kappa shape index (κ3) is 10.8. The number of anilines is 1. The molecule has 4 atom stereocenters. The number of fused-ring (bicyclic) bond motifs is 1. The third-order valence-corrected chi connectivity index (χ3v) is 10.9. The van der Waals surface area contributed by atoms with Crippen molar-refractivity contribution < 1.29 is 29.0 Å². The number of carbonyl (C=O) groups excluding carboxylic acids is 4. The highest BCUT2D eigenvalue weighted by Gasteiger charge is 2.35. The summed E-state index contributed by atoms with van der Waals surface area (Å²) in [5.74, 6) is -0.584. The predicted octanol–water partition coefficient (Wildman–Crippen LogP) is 6.01. The van der Waals surface area contributed by atoms with E-state index in [0.29, 0.717) is 31.1 Å². The molecule has 58 heavy (non-hydrogen) atoms. The number of carbonyl (C=O) groups is 4. The Morgan fingerprint density at radius 3 is 2.19 bits per heavy atom. The van der Waals surface area contributed by atoms with Crippen LogP contribution in [0.15, 0.2) is 115 Å². The van der Waals surface area contributed by atoms with Crippen molar-refractivity contribution in [1.82, 2.24) is 20.4 Å². The fraction of sp³-hybridized carbons (Fsp3) is 0.391. The van der Waals surface area contributed by atoms with E-state index >= 15 is 0 Å². The zero-order valence-corrected chi connectivity index (χ0v) is 33.6. The molecule has 0 spiro atoms. The maximum absolute atomic E-state index is 14.4. The van der Waals surface area contributed by atoms with Gasteiger partial charge in [0.1, 0.15) is 19.3 Å². The standard InChI is InChI=1S/C46H56N6O6/c1-31(2)25-39(42(53)27-43(54)50-23-21-35(22-24-50)34-15-8-5-9-16-34)48-44(55)40(49-46(57)58-29-33-13-6-4-7-14-33)26-37-28-51(45(56)32(3)47)30-52(37)41-20-12-18-36-17-10-11-19-38(36)41/h4-20,28,31-32,35,39-40,42,53H,21-27,29-30,47H2,1-3H3,(H,48,55)(H,49,57)/t32-,39-,40-,42-/m0/s1. The first kappa shape index (κ1) is 41.9. The van der Waals surface area contributed by atoms with E-state index in [1.807, 2.05) is 110 Å². The lowest BCUT2D eigenvalue weighted by Gasteiger charge is -2.34. The topological polar surface area (TPSA) is 158 Å². The van der Waals surface area contributed by atoms with Crippen LogP contribution < -0.4 is 21.3 Å². The van der Waals surface area contributed by atoms with Crippen molar-refractivity contribution in [3.05, 3.63) is 126 Å². The zero-order valence-electron chi connectivity index (χ0n) is 33.6. The highest BCUT2D eigenvalue weighted by Crippen LogP contribution is 2.34. The van der Waals surface area contributed by atoms with Gasteiger partial charge in [-0.2, -0.15) is 0 Å². The summed E-state index contributed by atoms with van der Waals surface area (Å²) < 4.78 is 5.56. The third-order valence-electron chi connectivity index (χ3n) is 10.9. The second kappa shape index (κ2) is 19.6. The molecule has 4 amide bonds. The van der Waals surface area contributed by atoms with Crippen molar-refractivity contribution in [3.8, 4) is 0 Å². The smallest absolute Gasteiger partial charge is 0.408 e. The Bertz CT molecular complexity index is 2040. The van der Waals surface area contributed by atoms with E-state index in [1.165, 1.54) is 10.5 Å². The van der Waals surface area contributed by atoms with E-state index in [2.05, 4.69) is 22.8 Å². The molecule has 0 unspecified atom stereocenters. The van der Waals surface area contributed by atoms with Crippen molar-refractivity contribution in [2.24, 2.45) is 11.7 Å². The monoisotopic (exact) mass is 788 g/mol. The van der Waals surface area contributed by atoms with Crippen LogP contribution in [0.2, 0.25) is 0 Å². The number of hydrogen-bond donors (Lipinski definition) is 4.